The van der Waals surface area contributed by atoms with E-state index in [1.54, 1.807) is 30.2 Å². The number of anilines is 1. The van der Waals surface area contributed by atoms with Crippen molar-refractivity contribution in [1.29, 1.82) is 0 Å². The van der Waals surface area contributed by atoms with Crippen molar-refractivity contribution in [2.45, 2.75) is 6.92 Å². The number of amides is 1. The molecular formula is C22H17N5O3S. The molecule has 0 spiro atoms. The van der Waals surface area contributed by atoms with Crippen LogP contribution in [0.1, 0.15) is 15.2 Å². The first-order chi connectivity index (χ1) is 14.9. The topological polar surface area (TPSA) is 90.4 Å². The summed E-state index contributed by atoms with van der Waals surface area (Å²) in [7, 11) is 1.72. The first-order valence-corrected chi connectivity index (χ1v) is 10.3. The minimum absolute atomic E-state index is 0.152. The molecule has 0 fully saturated rings. The van der Waals surface area contributed by atoms with Gasteiger partial charge in [-0.3, -0.25) is 23.5 Å². The quantitative estimate of drug-likeness (QED) is 0.476. The Morgan fingerprint density at radius 2 is 1.84 bits per heavy atom. The number of benzene rings is 1. The number of nitrogens with one attached hydrogen (secondary N) is 1. The van der Waals surface area contributed by atoms with Crippen LogP contribution >= 0.6 is 11.3 Å². The molecule has 5 aromatic rings. The maximum absolute atomic E-state index is 12.9. The molecule has 8 nitrogen and oxygen atoms in total. The van der Waals surface area contributed by atoms with Crippen molar-refractivity contribution in [3.05, 3.63) is 92.1 Å². The predicted molar refractivity (Wildman–Crippen MR) is 121 cm³/mol. The van der Waals surface area contributed by atoms with Crippen LogP contribution in [0.3, 0.4) is 0 Å². The highest BCUT2D eigenvalue weighted by Crippen LogP contribution is 2.23. The third-order valence-electron chi connectivity index (χ3n) is 5.06. The third kappa shape index (κ3) is 3.06. The highest BCUT2D eigenvalue weighted by Gasteiger charge is 2.18. The number of pyridine rings is 1. The number of rotatable bonds is 3. The van der Waals surface area contributed by atoms with Crippen molar-refractivity contribution in [2.75, 3.05) is 5.32 Å². The summed E-state index contributed by atoms with van der Waals surface area (Å²) in [6.45, 7) is 1.88. The minimum atomic E-state index is -0.462. The van der Waals surface area contributed by atoms with E-state index >= 15 is 0 Å². The summed E-state index contributed by atoms with van der Waals surface area (Å²) in [5.41, 5.74) is 1.69. The van der Waals surface area contributed by atoms with Crippen molar-refractivity contribution in [1.82, 2.24) is 18.7 Å². The van der Waals surface area contributed by atoms with E-state index in [0.717, 1.165) is 16.9 Å². The van der Waals surface area contributed by atoms with E-state index in [1.807, 2.05) is 43.3 Å². The van der Waals surface area contributed by atoms with E-state index in [1.165, 1.54) is 15.1 Å². The molecular weight excluding hydrogens is 414 g/mol. The fourth-order valence-electron chi connectivity index (χ4n) is 3.57. The first kappa shape index (κ1) is 19.0. The van der Waals surface area contributed by atoms with E-state index in [2.05, 4.69) is 10.3 Å². The van der Waals surface area contributed by atoms with Crippen LogP contribution in [0, 0.1) is 6.92 Å². The maximum Gasteiger partial charge on any atom is 0.295 e. The summed E-state index contributed by atoms with van der Waals surface area (Å²) in [6, 6.07) is 14.3. The lowest BCUT2D eigenvalue weighted by Crippen LogP contribution is -2.22. The molecule has 1 N–H and O–H groups in total. The average Bonchev–Trinajstić information content (AvgIpc) is 3.31. The Balaban J connectivity index is 1.54. The van der Waals surface area contributed by atoms with Gasteiger partial charge in [0.1, 0.15) is 16.2 Å². The molecule has 0 unspecified atom stereocenters. The number of hydrogen-bond acceptors (Lipinski definition) is 5. The molecule has 0 aliphatic heterocycles. The number of nitrogens with zero attached hydrogens (tertiary/aromatic N) is 4. The Bertz CT molecular complexity index is 1590. The summed E-state index contributed by atoms with van der Waals surface area (Å²) >= 11 is 1.12. The zero-order chi connectivity index (χ0) is 21.7. The SMILES string of the molecule is Cc1cccn2c(=O)c3cc(C(=O)Nc4cn(C)n(-c5ccccc5)c4=O)sc3nc12. The highest BCUT2D eigenvalue weighted by molar-refractivity contribution is 7.20. The average molecular weight is 431 g/mol. The highest BCUT2D eigenvalue weighted by atomic mass is 32.1. The van der Waals surface area contributed by atoms with Gasteiger partial charge in [-0.1, -0.05) is 24.3 Å². The van der Waals surface area contributed by atoms with Crippen molar-refractivity contribution < 1.29 is 4.79 Å². The number of hydrogen-bond donors (Lipinski definition) is 1. The lowest BCUT2D eigenvalue weighted by molar-refractivity contribution is 0.103. The fraction of sp³-hybridized carbons (Fsp3) is 0.0909. The molecule has 5 rings (SSSR count). The second kappa shape index (κ2) is 7.06. The Kier molecular flexibility index (Phi) is 4.33. The molecule has 0 bridgehead atoms. The molecule has 0 radical (unpaired) electrons. The second-order valence-corrected chi connectivity index (χ2v) is 8.18. The van der Waals surface area contributed by atoms with Crippen LogP contribution < -0.4 is 16.4 Å². The molecule has 0 saturated carbocycles. The van der Waals surface area contributed by atoms with E-state index in [0.29, 0.717) is 26.4 Å². The number of aryl methyl sites for hydroxylation is 2. The number of carbonyl (C=O) groups is 1. The number of fused-ring (bicyclic) bond motifs is 2. The molecule has 0 atom stereocenters. The van der Waals surface area contributed by atoms with Crippen molar-refractivity contribution in [2.24, 2.45) is 7.05 Å². The number of aromatic nitrogens is 4. The van der Waals surface area contributed by atoms with Crippen molar-refractivity contribution >= 4 is 38.8 Å². The van der Waals surface area contributed by atoms with Crippen LogP contribution in [0.25, 0.3) is 21.6 Å². The van der Waals surface area contributed by atoms with Gasteiger partial charge in [-0.25, -0.2) is 9.67 Å². The van der Waals surface area contributed by atoms with Gasteiger partial charge < -0.3 is 5.32 Å². The van der Waals surface area contributed by atoms with Gasteiger partial charge in [0.05, 0.1) is 22.1 Å². The van der Waals surface area contributed by atoms with Crippen LogP contribution in [-0.2, 0) is 7.05 Å². The molecule has 4 heterocycles. The van der Waals surface area contributed by atoms with Gasteiger partial charge in [0.15, 0.2) is 0 Å². The first-order valence-electron chi connectivity index (χ1n) is 9.51. The summed E-state index contributed by atoms with van der Waals surface area (Å²) in [5, 5.41) is 3.04. The monoisotopic (exact) mass is 431 g/mol. The smallest absolute Gasteiger partial charge is 0.295 e. The molecule has 4 aromatic heterocycles. The van der Waals surface area contributed by atoms with Crippen LogP contribution in [-0.4, -0.2) is 24.7 Å². The van der Waals surface area contributed by atoms with Crippen molar-refractivity contribution in [3.63, 3.8) is 0 Å². The van der Waals surface area contributed by atoms with Crippen molar-refractivity contribution in [3.8, 4) is 5.69 Å². The molecule has 1 aromatic carbocycles. The minimum Gasteiger partial charge on any atom is -0.315 e. The standard InChI is InChI=1S/C22H17N5O3S/c1-13-7-6-10-26-18(13)24-20-15(21(26)29)11-17(31-20)19(28)23-16-12-25(2)27(22(16)30)14-8-4-3-5-9-14/h3-12H,1-2H3,(H,23,28). The van der Waals surface area contributed by atoms with E-state index in [4.69, 9.17) is 0 Å². The van der Waals surface area contributed by atoms with Crippen LogP contribution in [0.5, 0.6) is 0 Å². The van der Waals surface area contributed by atoms with Gasteiger partial charge in [-0.05, 0) is 36.8 Å². The molecule has 1 amide bonds. The Labute approximate surface area is 179 Å². The summed E-state index contributed by atoms with van der Waals surface area (Å²) in [4.78, 5) is 43.9. The van der Waals surface area contributed by atoms with Crippen LogP contribution in [0.15, 0.2) is 70.5 Å². The van der Waals surface area contributed by atoms with Gasteiger partial charge >= 0.3 is 0 Å². The van der Waals surface area contributed by atoms with Gasteiger partial charge in [0, 0.05) is 13.2 Å². The predicted octanol–water partition coefficient (Wildman–Crippen LogP) is 2.96. The molecule has 0 aliphatic carbocycles. The molecule has 0 aliphatic rings. The maximum atomic E-state index is 12.9. The second-order valence-electron chi connectivity index (χ2n) is 7.15. The van der Waals surface area contributed by atoms with Gasteiger partial charge in [0.2, 0.25) is 0 Å². The largest absolute Gasteiger partial charge is 0.315 e. The molecule has 9 heteroatoms. The lowest BCUT2D eigenvalue weighted by atomic mass is 10.3. The van der Waals surface area contributed by atoms with E-state index in [9.17, 15) is 14.4 Å². The zero-order valence-electron chi connectivity index (χ0n) is 16.7. The third-order valence-corrected chi connectivity index (χ3v) is 6.09. The summed E-state index contributed by atoms with van der Waals surface area (Å²) in [5.74, 6) is -0.462. The number of carbonyl (C=O) groups excluding carboxylic acids is 1. The lowest BCUT2D eigenvalue weighted by Gasteiger charge is -2.05. The van der Waals surface area contributed by atoms with Crippen LogP contribution in [0.4, 0.5) is 5.69 Å². The Morgan fingerprint density at radius 1 is 1.06 bits per heavy atom. The summed E-state index contributed by atoms with van der Waals surface area (Å²) in [6.07, 6.45) is 3.22. The zero-order valence-corrected chi connectivity index (χ0v) is 17.5. The number of thiophene rings is 1. The molecule has 154 valence electrons. The molecule has 31 heavy (non-hydrogen) atoms. The van der Waals surface area contributed by atoms with E-state index < -0.39 is 5.91 Å². The van der Waals surface area contributed by atoms with Gasteiger partial charge in [0.25, 0.3) is 17.0 Å². The van der Waals surface area contributed by atoms with Crippen LogP contribution in [0.2, 0.25) is 0 Å². The number of para-hydroxylation sites is 1. The Morgan fingerprint density at radius 3 is 2.61 bits per heavy atom. The fourth-order valence-corrected chi connectivity index (χ4v) is 4.48. The van der Waals surface area contributed by atoms with E-state index in [-0.39, 0.29) is 16.8 Å². The van der Waals surface area contributed by atoms with Gasteiger partial charge in [-0.2, -0.15) is 0 Å². The van der Waals surface area contributed by atoms with Gasteiger partial charge in [-0.15, -0.1) is 11.3 Å². The summed E-state index contributed by atoms with van der Waals surface area (Å²) < 4.78 is 4.55. The normalized spacial score (nSPS) is 11.3. The Hall–Kier alpha value is -3.98. The molecule has 0 saturated heterocycles.